The molecule has 0 aromatic heterocycles. The molecule has 1 unspecified atom stereocenters. The lowest BCUT2D eigenvalue weighted by Gasteiger charge is -2.20. The number of methoxy groups -OCH3 is 1. The lowest BCUT2D eigenvalue weighted by molar-refractivity contribution is 0.0976. The standard InChI is InChI=1S/C22H19ClINO2/c1-27-20-12-4-15(5-13-20)21(25-19-10-8-18(24)9-11-19)14-22(26)16-2-6-17(23)7-3-16/h2-13,21,25H,14H2,1H3. The summed E-state index contributed by atoms with van der Waals surface area (Å²) in [6.45, 7) is 0. The minimum absolute atomic E-state index is 0.0606. The number of Topliss-reactive ketones (excluding diaryl/α,β-unsaturated/α-hetero) is 1. The van der Waals surface area contributed by atoms with E-state index in [1.54, 1.807) is 31.4 Å². The molecule has 0 amide bonds. The first-order valence-corrected chi connectivity index (χ1v) is 9.95. The Morgan fingerprint density at radius 2 is 1.63 bits per heavy atom. The molecule has 0 aliphatic heterocycles. The Bertz CT molecular complexity index is 893. The van der Waals surface area contributed by atoms with Gasteiger partial charge in [-0.25, -0.2) is 0 Å². The highest BCUT2D eigenvalue weighted by molar-refractivity contribution is 14.1. The van der Waals surface area contributed by atoms with E-state index in [-0.39, 0.29) is 11.8 Å². The molecule has 5 heteroatoms. The summed E-state index contributed by atoms with van der Waals surface area (Å²) >= 11 is 8.20. The topological polar surface area (TPSA) is 38.3 Å². The molecule has 0 radical (unpaired) electrons. The van der Waals surface area contributed by atoms with Crippen molar-refractivity contribution in [3.05, 3.63) is 92.5 Å². The molecule has 3 rings (SSSR count). The number of rotatable bonds is 7. The molecule has 1 atom stereocenters. The summed E-state index contributed by atoms with van der Waals surface area (Å²) in [6.07, 6.45) is 0.333. The number of anilines is 1. The molecule has 3 nitrogen and oxygen atoms in total. The Balaban J connectivity index is 1.84. The Morgan fingerprint density at radius 3 is 2.22 bits per heavy atom. The fourth-order valence-electron chi connectivity index (χ4n) is 2.77. The molecule has 0 aliphatic rings. The summed E-state index contributed by atoms with van der Waals surface area (Å²) in [7, 11) is 1.64. The first kappa shape index (κ1) is 19.7. The largest absolute Gasteiger partial charge is 0.497 e. The molecule has 0 aliphatic carbocycles. The smallest absolute Gasteiger partial charge is 0.165 e. The van der Waals surface area contributed by atoms with Crippen LogP contribution >= 0.6 is 34.2 Å². The number of ether oxygens (including phenoxy) is 1. The van der Waals surface area contributed by atoms with Crippen LogP contribution in [0.25, 0.3) is 0 Å². The van der Waals surface area contributed by atoms with Crippen molar-refractivity contribution in [2.24, 2.45) is 0 Å². The van der Waals surface area contributed by atoms with Gasteiger partial charge in [0.2, 0.25) is 0 Å². The van der Waals surface area contributed by atoms with Crippen LogP contribution in [0, 0.1) is 3.57 Å². The van der Waals surface area contributed by atoms with Crippen LogP contribution in [-0.2, 0) is 0 Å². The number of carbonyl (C=O) groups is 1. The van der Waals surface area contributed by atoms with Gasteiger partial charge < -0.3 is 10.1 Å². The van der Waals surface area contributed by atoms with Crippen LogP contribution in [0.3, 0.4) is 0 Å². The lowest BCUT2D eigenvalue weighted by Crippen LogP contribution is -2.16. The molecule has 1 N–H and O–H groups in total. The van der Waals surface area contributed by atoms with E-state index in [1.165, 1.54) is 0 Å². The van der Waals surface area contributed by atoms with Gasteiger partial charge in [0, 0.05) is 26.3 Å². The highest BCUT2D eigenvalue weighted by Crippen LogP contribution is 2.27. The molecule has 27 heavy (non-hydrogen) atoms. The minimum Gasteiger partial charge on any atom is -0.497 e. The average Bonchev–Trinajstić information content (AvgIpc) is 2.69. The van der Waals surface area contributed by atoms with E-state index < -0.39 is 0 Å². The Hall–Kier alpha value is -2.05. The third kappa shape index (κ3) is 5.47. The van der Waals surface area contributed by atoms with Gasteiger partial charge in [-0.1, -0.05) is 23.7 Å². The van der Waals surface area contributed by atoms with Crippen LogP contribution in [0.5, 0.6) is 5.75 Å². The van der Waals surface area contributed by atoms with Gasteiger partial charge in [-0.05, 0) is 88.8 Å². The van der Waals surface area contributed by atoms with Crippen molar-refractivity contribution in [2.75, 3.05) is 12.4 Å². The molecule has 0 fully saturated rings. The van der Waals surface area contributed by atoms with Crippen LogP contribution in [-0.4, -0.2) is 12.9 Å². The second kappa shape index (κ2) is 9.24. The van der Waals surface area contributed by atoms with Crippen molar-refractivity contribution in [1.29, 1.82) is 0 Å². The van der Waals surface area contributed by atoms with Crippen molar-refractivity contribution in [3.8, 4) is 5.75 Å². The second-order valence-corrected chi connectivity index (χ2v) is 7.79. The highest BCUT2D eigenvalue weighted by Gasteiger charge is 2.18. The summed E-state index contributed by atoms with van der Waals surface area (Å²) in [5.74, 6) is 0.848. The first-order valence-electron chi connectivity index (χ1n) is 8.50. The molecular weight excluding hydrogens is 473 g/mol. The number of nitrogens with one attached hydrogen (secondary N) is 1. The third-order valence-electron chi connectivity index (χ3n) is 4.26. The van der Waals surface area contributed by atoms with E-state index in [2.05, 4.69) is 27.9 Å². The minimum atomic E-state index is -0.154. The summed E-state index contributed by atoms with van der Waals surface area (Å²) in [5, 5.41) is 4.10. The van der Waals surface area contributed by atoms with E-state index >= 15 is 0 Å². The molecule has 0 bridgehead atoms. The van der Waals surface area contributed by atoms with E-state index in [1.807, 2.05) is 48.5 Å². The van der Waals surface area contributed by atoms with Crippen LogP contribution in [0.1, 0.15) is 28.4 Å². The van der Waals surface area contributed by atoms with E-state index in [0.717, 1.165) is 20.6 Å². The third-order valence-corrected chi connectivity index (χ3v) is 5.23. The zero-order valence-corrected chi connectivity index (χ0v) is 17.7. The predicted octanol–water partition coefficient (Wildman–Crippen LogP) is 6.38. The van der Waals surface area contributed by atoms with Gasteiger partial charge in [0.15, 0.2) is 5.78 Å². The SMILES string of the molecule is COc1ccc(C(CC(=O)c2ccc(Cl)cc2)Nc2ccc(I)cc2)cc1. The number of hydrogen-bond acceptors (Lipinski definition) is 3. The number of ketones is 1. The summed E-state index contributed by atoms with van der Waals surface area (Å²) < 4.78 is 6.40. The zero-order chi connectivity index (χ0) is 19.2. The number of halogens is 2. The van der Waals surface area contributed by atoms with Crippen LogP contribution in [0.4, 0.5) is 5.69 Å². The molecule has 3 aromatic carbocycles. The van der Waals surface area contributed by atoms with Gasteiger partial charge in [0.1, 0.15) is 5.75 Å². The lowest BCUT2D eigenvalue weighted by atomic mass is 9.97. The molecule has 138 valence electrons. The van der Waals surface area contributed by atoms with Gasteiger partial charge in [-0.2, -0.15) is 0 Å². The number of hydrogen-bond donors (Lipinski definition) is 1. The van der Waals surface area contributed by atoms with Gasteiger partial charge in [-0.3, -0.25) is 4.79 Å². The van der Waals surface area contributed by atoms with Gasteiger partial charge >= 0.3 is 0 Å². The molecule has 0 spiro atoms. The molecule has 0 saturated heterocycles. The van der Waals surface area contributed by atoms with Crippen LogP contribution in [0.15, 0.2) is 72.8 Å². The predicted molar refractivity (Wildman–Crippen MR) is 119 cm³/mol. The van der Waals surface area contributed by atoms with Crippen molar-refractivity contribution in [1.82, 2.24) is 0 Å². The zero-order valence-electron chi connectivity index (χ0n) is 14.8. The Kier molecular flexibility index (Phi) is 6.74. The fraction of sp³-hybridized carbons (Fsp3) is 0.136. The maximum absolute atomic E-state index is 12.8. The maximum atomic E-state index is 12.8. The van der Waals surface area contributed by atoms with Gasteiger partial charge in [0.05, 0.1) is 13.2 Å². The van der Waals surface area contributed by atoms with Crippen molar-refractivity contribution < 1.29 is 9.53 Å². The summed E-state index contributed by atoms with van der Waals surface area (Å²) in [4.78, 5) is 12.8. The average molecular weight is 492 g/mol. The van der Waals surface area contributed by atoms with Crippen molar-refractivity contribution in [3.63, 3.8) is 0 Å². The molecule has 3 aromatic rings. The quantitative estimate of drug-likeness (QED) is 0.308. The van der Waals surface area contributed by atoms with Crippen molar-refractivity contribution in [2.45, 2.75) is 12.5 Å². The monoisotopic (exact) mass is 491 g/mol. The van der Waals surface area contributed by atoms with Gasteiger partial charge in [-0.15, -0.1) is 0 Å². The molecular formula is C22H19ClINO2. The fourth-order valence-corrected chi connectivity index (χ4v) is 3.26. The Labute approximate surface area is 177 Å². The molecule has 0 heterocycles. The van der Waals surface area contributed by atoms with Crippen molar-refractivity contribution >= 4 is 45.7 Å². The number of carbonyl (C=O) groups excluding carboxylic acids is 1. The normalized spacial score (nSPS) is 11.7. The van der Waals surface area contributed by atoms with Crippen LogP contribution in [0.2, 0.25) is 5.02 Å². The Morgan fingerprint density at radius 1 is 1.00 bits per heavy atom. The van der Waals surface area contributed by atoms with E-state index in [0.29, 0.717) is 17.0 Å². The van der Waals surface area contributed by atoms with Crippen LogP contribution < -0.4 is 10.1 Å². The van der Waals surface area contributed by atoms with E-state index in [4.69, 9.17) is 16.3 Å². The van der Waals surface area contributed by atoms with Gasteiger partial charge in [0.25, 0.3) is 0 Å². The second-order valence-electron chi connectivity index (χ2n) is 6.11. The first-order chi connectivity index (χ1) is 13.0. The molecule has 0 saturated carbocycles. The van der Waals surface area contributed by atoms with E-state index in [9.17, 15) is 4.79 Å². The maximum Gasteiger partial charge on any atom is 0.165 e. The number of benzene rings is 3. The summed E-state index contributed by atoms with van der Waals surface area (Å²) in [6, 6.07) is 22.8. The summed E-state index contributed by atoms with van der Waals surface area (Å²) in [5.41, 5.74) is 2.65. The highest BCUT2D eigenvalue weighted by atomic mass is 127.